The predicted molar refractivity (Wildman–Crippen MR) is 72.9 cm³/mol. The molecule has 1 heterocycles. The number of Topliss-reactive ketones (excluding diaryl/α,β-unsaturated/α-hetero) is 1. The van der Waals surface area contributed by atoms with Gasteiger partial charge in [0.25, 0.3) is 0 Å². The van der Waals surface area contributed by atoms with Gasteiger partial charge in [-0.05, 0) is 12.5 Å². The number of ketones is 1. The summed E-state index contributed by atoms with van der Waals surface area (Å²) in [6.07, 6.45) is 1.17. The summed E-state index contributed by atoms with van der Waals surface area (Å²) >= 11 is 6.08. The Morgan fingerprint density at radius 1 is 1.15 bits per heavy atom. The molecule has 0 atom stereocenters. The number of benzene rings is 1. The van der Waals surface area contributed by atoms with E-state index in [2.05, 4.69) is 0 Å². The Balaban J connectivity index is 2.13. The lowest BCUT2D eigenvalue weighted by molar-refractivity contribution is -0.137. The maximum atomic E-state index is 12.0. The number of carbonyl (C=O) groups is 2. The van der Waals surface area contributed by atoms with Crippen molar-refractivity contribution in [3.8, 4) is 11.5 Å². The minimum absolute atomic E-state index is 0.0338. The molecule has 20 heavy (non-hydrogen) atoms. The third-order valence-electron chi connectivity index (χ3n) is 2.93. The lowest BCUT2D eigenvalue weighted by Crippen LogP contribution is -2.04. The number of fused-ring (bicyclic) bond motifs is 1. The topological polar surface area (TPSA) is 72.8 Å². The quantitative estimate of drug-likeness (QED) is 0.846. The fourth-order valence-corrected chi connectivity index (χ4v) is 2.19. The Morgan fingerprint density at radius 3 is 2.45 bits per heavy atom. The third kappa shape index (κ3) is 3.63. The highest BCUT2D eigenvalue weighted by atomic mass is 35.5. The number of carboxylic acids is 1. The first-order chi connectivity index (χ1) is 9.58. The molecule has 1 aliphatic rings. The van der Waals surface area contributed by atoms with E-state index in [9.17, 15) is 9.59 Å². The van der Waals surface area contributed by atoms with Crippen molar-refractivity contribution in [3.63, 3.8) is 0 Å². The molecule has 1 N–H and O–H groups in total. The molecule has 108 valence electrons. The van der Waals surface area contributed by atoms with Gasteiger partial charge in [-0.1, -0.05) is 11.6 Å². The molecule has 0 saturated carbocycles. The molecule has 5 nitrogen and oxygen atoms in total. The number of hydrogen-bond donors (Lipinski definition) is 1. The molecule has 0 bridgehead atoms. The van der Waals surface area contributed by atoms with Crippen LogP contribution in [0.4, 0.5) is 0 Å². The smallest absolute Gasteiger partial charge is 0.303 e. The molecule has 6 heteroatoms. The Hall–Kier alpha value is -1.75. The first-order valence-electron chi connectivity index (χ1n) is 6.42. The number of halogens is 1. The molecule has 0 unspecified atom stereocenters. The number of carbonyl (C=O) groups excluding carboxylic acids is 1. The van der Waals surface area contributed by atoms with E-state index in [1.54, 1.807) is 12.1 Å². The first-order valence-corrected chi connectivity index (χ1v) is 6.80. The Labute approximate surface area is 121 Å². The second-order valence-electron chi connectivity index (χ2n) is 4.50. The van der Waals surface area contributed by atoms with Crippen molar-refractivity contribution in [3.05, 3.63) is 22.7 Å². The molecule has 0 aliphatic carbocycles. The molecule has 0 radical (unpaired) electrons. The average molecular weight is 299 g/mol. The molecule has 0 spiro atoms. The summed E-state index contributed by atoms with van der Waals surface area (Å²) in [4.78, 5) is 22.5. The summed E-state index contributed by atoms with van der Waals surface area (Å²) in [6, 6.07) is 3.15. The highest BCUT2D eigenvalue weighted by Crippen LogP contribution is 2.35. The zero-order valence-electron chi connectivity index (χ0n) is 10.9. The van der Waals surface area contributed by atoms with E-state index in [0.29, 0.717) is 41.7 Å². The van der Waals surface area contributed by atoms with E-state index < -0.39 is 5.97 Å². The van der Waals surface area contributed by atoms with Gasteiger partial charge in [0.05, 0.1) is 18.2 Å². The van der Waals surface area contributed by atoms with Gasteiger partial charge in [-0.15, -0.1) is 0 Å². The molecule has 1 aliphatic heterocycles. The van der Waals surface area contributed by atoms with Gasteiger partial charge in [0, 0.05) is 30.9 Å². The van der Waals surface area contributed by atoms with Crippen LogP contribution in [0.3, 0.4) is 0 Å². The Bertz CT molecular complexity index is 527. The standard InChI is InChI=1S/C14H15ClO5/c15-10-8-13-12(19-5-2-6-20-13)7-9(10)11(16)3-1-4-14(17)18/h7-8H,1-6H2,(H,17,18). The summed E-state index contributed by atoms with van der Waals surface area (Å²) in [6.45, 7) is 1.08. The van der Waals surface area contributed by atoms with Gasteiger partial charge < -0.3 is 14.6 Å². The third-order valence-corrected chi connectivity index (χ3v) is 3.24. The summed E-state index contributed by atoms with van der Waals surface area (Å²) in [7, 11) is 0. The first kappa shape index (κ1) is 14.7. The summed E-state index contributed by atoms with van der Waals surface area (Å²) in [5.41, 5.74) is 0.348. The van der Waals surface area contributed by atoms with Crippen molar-refractivity contribution in [1.82, 2.24) is 0 Å². The van der Waals surface area contributed by atoms with Crippen molar-refractivity contribution in [2.45, 2.75) is 25.7 Å². The highest BCUT2D eigenvalue weighted by molar-refractivity contribution is 6.34. The largest absolute Gasteiger partial charge is 0.490 e. The van der Waals surface area contributed by atoms with Gasteiger partial charge in [-0.2, -0.15) is 0 Å². The second-order valence-corrected chi connectivity index (χ2v) is 4.91. The van der Waals surface area contributed by atoms with E-state index in [1.165, 1.54) is 0 Å². The summed E-state index contributed by atoms with van der Waals surface area (Å²) < 4.78 is 11.0. The van der Waals surface area contributed by atoms with E-state index in [0.717, 1.165) is 6.42 Å². The highest BCUT2D eigenvalue weighted by Gasteiger charge is 2.18. The van der Waals surface area contributed by atoms with E-state index in [1.807, 2.05) is 0 Å². The fourth-order valence-electron chi connectivity index (χ4n) is 1.93. The number of carboxylic acid groups (broad SMARTS) is 1. The zero-order chi connectivity index (χ0) is 14.5. The molecular formula is C14H15ClO5. The van der Waals surface area contributed by atoms with Crippen LogP contribution in [0.25, 0.3) is 0 Å². The van der Waals surface area contributed by atoms with Crippen molar-refractivity contribution in [2.75, 3.05) is 13.2 Å². The van der Waals surface area contributed by atoms with Crippen molar-refractivity contribution < 1.29 is 24.2 Å². The molecule has 1 aromatic rings. The van der Waals surface area contributed by atoms with Crippen LogP contribution >= 0.6 is 11.6 Å². The van der Waals surface area contributed by atoms with Crippen LogP contribution in [-0.2, 0) is 4.79 Å². The lowest BCUT2D eigenvalue weighted by atomic mass is 10.0. The number of rotatable bonds is 5. The Kier molecular flexibility index (Phi) is 4.84. The predicted octanol–water partition coefficient (Wildman–Crippen LogP) is 2.94. The van der Waals surface area contributed by atoms with E-state index in [-0.39, 0.29) is 18.6 Å². The molecule has 1 aromatic carbocycles. The number of hydrogen-bond acceptors (Lipinski definition) is 4. The van der Waals surface area contributed by atoms with Crippen LogP contribution in [0, 0.1) is 0 Å². The van der Waals surface area contributed by atoms with Crippen LogP contribution in [0.5, 0.6) is 11.5 Å². The van der Waals surface area contributed by atoms with Crippen LogP contribution in [0.15, 0.2) is 12.1 Å². The van der Waals surface area contributed by atoms with Gasteiger partial charge in [-0.3, -0.25) is 9.59 Å². The van der Waals surface area contributed by atoms with E-state index in [4.69, 9.17) is 26.2 Å². The van der Waals surface area contributed by atoms with Crippen LogP contribution in [0.2, 0.25) is 5.02 Å². The molecule has 0 fully saturated rings. The molecule has 0 aromatic heterocycles. The maximum Gasteiger partial charge on any atom is 0.303 e. The normalized spacial score (nSPS) is 13.7. The SMILES string of the molecule is O=C(O)CCCC(=O)c1cc2c(cc1Cl)OCCCO2. The summed E-state index contributed by atoms with van der Waals surface area (Å²) in [5, 5.41) is 8.87. The summed E-state index contributed by atoms with van der Waals surface area (Å²) in [5.74, 6) is -0.0578. The van der Waals surface area contributed by atoms with Crippen molar-refractivity contribution in [1.29, 1.82) is 0 Å². The van der Waals surface area contributed by atoms with Gasteiger partial charge >= 0.3 is 5.97 Å². The molecular weight excluding hydrogens is 284 g/mol. The second kappa shape index (κ2) is 6.61. The lowest BCUT2D eigenvalue weighted by Gasteiger charge is -2.10. The average Bonchev–Trinajstić information content (AvgIpc) is 2.61. The Morgan fingerprint density at radius 2 is 1.80 bits per heavy atom. The maximum absolute atomic E-state index is 12.0. The van der Waals surface area contributed by atoms with Gasteiger partial charge in [0.2, 0.25) is 0 Å². The molecule has 0 saturated heterocycles. The zero-order valence-corrected chi connectivity index (χ0v) is 11.6. The van der Waals surface area contributed by atoms with Crippen LogP contribution in [0.1, 0.15) is 36.0 Å². The van der Waals surface area contributed by atoms with Gasteiger partial charge in [0.15, 0.2) is 17.3 Å². The molecule has 0 amide bonds. The monoisotopic (exact) mass is 298 g/mol. The number of ether oxygens (including phenoxy) is 2. The van der Waals surface area contributed by atoms with Gasteiger partial charge in [-0.25, -0.2) is 0 Å². The van der Waals surface area contributed by atoms with Crippen molar-refractivity contribution >= 4 is 23.4 Å². The minimum atomic E-state index is -0.914. The molecule has 2 rings (SSSR count). The van der Waals surface area contributed by atoms with Gasteiger partial charge in [0.1, 0.15) is 0 Å². The van der Waals surface area contributed by atoms with E-state index >= 15 is 0 Å². The fraction of sp³-hybridized carbons (Fsp3) is 0.429. The number of aliphatic carboxylic acids is 1. The van der Waals surface area contributed by atoms with Crippen molar-refractivity contribution in [2.24, 2.45) is 0 Å². The minimum Gasteiger partial charge on any atom is -0.490 e. The van der Waals surface area contributed by atoms with Crippen LogP contribution < -0.4 is 9.47 Å². The van der Waals surface area contributed by atoms with Crippen LogP contribution in [-0.4, -0.2) is 30.1 Å².